The maximum Gasteiger partial charge on any atom is 0.126 e. The number of nitrogens with zero attached hydrogens (tertiary/aromatic N) is 2. The van der Waals surface area contributed by atoms with Gasteiger partial charge in [0.1, 0.15) is 15.9 Å². The molecule has 0 radical (unpaired) electrons. The average Bonchev–Trinajstić information content (AvgIpc) is 2.59. The SMILES string of the molecule is COc1ccc(N=Nc2ccc(S(=O)(=O)[O-])cc2)c2ccccc12. The third-order valence-corrected chi connectivity index (χ3v) is 4.33. The molecule has 0 amide bonds. The molecule has 0 fully saturated rings. The Labute approximate surface area is 139 Å². The Morgan fingerprint density at radius 3 is 2.17 bits per heavy atom. The van der Waals surface area contributed by atoms with E-state index in [9.17, 15) is 13.0 Å². The first-order chi connectivity index (χ1) is 11.5. The highest BCUT2D eigenvalue weighted by atomic mass is 32.2. The topological polar surface area (TPSA) is 91.2 Å². The van der Waals surface area contributed by atoms with Crippen molar-refractivity contribution < 1.29 is 17.7 Å². The zero-order valence-corrected chi connectivity index (χ0v) is 13.5. The van der Waals surface area contributed by atoms with Crippen LogP contribution in [0, 0.1) is 0 Å². The molecule has 0 aliphatic heterocycles. The van der Waals surface area contributed by atoms with E-state index in [0.717, 1.165) is 16.5 Å². The summed E-state index contributed by atoms with van der Waals surface area (Å²) in [5.41, 5.74) is 1.11. The number of ether oxygens (including phenoxy) is 1. The second kappa shape index (κ2) is 6.38. The Hall–Kier alpha value is -2.77. The summed E-state index contributed by atoms with van der Waals surface area (Å²) in [4.78, 5) is -0.295. The highest BCUT2D eigenvalue weighted by molar-refractivity contribution is 7.85. The average molecular weight is 341 g/mol. The number of azo groups is 1. The first-order valence-corrected chi connectivity index (χ1v) is 8.43. The van der Waals surface area contributed by atoms with E-state index < -0.39 is 10.1 Å². The Morgan fingerprint density at radius 2 is 1.54 bits per heavy atom. The quantitative estimate of drug-likeness (QED) is 0.526. The van der Waals surface area contributed by atoms with Crippen LogP contribution in [0.25, 0.3) is 10.8 Å². The summed E-state index contributed by atoms with van der Waals surface area (Å²) in [5, 5.41) is 10.1. The minimum atomic E-state index is -4.46. The molecule has 0 spiro atoms. The molecule has 0 aliphatic carbocycles. The lowest BCUT2D eigenvalue weighted by atomic mass is 10.1. The van der Waals surface area contributed by atoms with Gasteiger partial charge < -0.3 is 9.29 Å². The second-order valence-electron chi connectivity index (χ2n) is 4.98. The van der Waals surface area contributed by atoms with Crippen LogP contribution in [0.15, 0.2) is 75.8 Å². The molecule has 0 heterocycles. The number of hydrogen-bond donors (Lipinski definition) is 0. The molecule has 0 unspecified atom stereocenters. The smallest absolute Gasteiger partial charge is 0.126 e. The highest BCUT2D eigenvalue weighted by Crippen LogP contribution is 2.33. The molecule has 0 aliphatic rings. The van der Waals surface area contributed by atoms with Crippen molar-refractivity contribution in [2.24, 2.45) is 10.2 Å². The predicted molar refractivity (Wildman–Crippen MR) is 89.1 cm³/mol. The zero-order valence-electron chi connectivity index (χ0n) is 12.7. The maximum atomic E-state index is 10.9. The van der Waals surface area contributed by atoms with Crippen LogP contribution in [0.4, 0.5) is 11.4 Å². The minimum absolute atomic E-state index is 0.295. The summed E-state index contributed by atoms with van der Waals surface area (Å²) < 4.78 is 38.1. The molecule has 0 atom stereocenters. The first kappa shape index (κ1) is 16.1. The molecule has 0 N–H and O–H groups in total. The lowest BCUT2D eigenvalue weighted by molar-refractivity contribution is 0.420. The second-order valence-corrected chi connectivity index (χ2v) is 6.36. The highest BCUT2D eigenvalue weighted by Gasteiger charge is 2.05. The van der Waals surface area contributed by atoms with Gasteiger partial charge in [0.2, 0.25) is 0 Å². The van der Waals surface area contributed by atoms with Gasteiger partial charge in [-0.2, -0.15) is 5.11 Å². The fraction of sp³-hybridized carbons (Fsp3) is 0.0588. The summed E-state index contributed by atoms with van der Waals surface area (Å²) in [6.45, 7) is 0. The number of fused-ring (bicyclic) bond motifs is 1. The van der Waals surface area contributed by atoms with Gasteiger partial charge in [-0.1, -0.05) is 24.3 Å². The Kier molecular flexibility index (Phi) is 4.28. The maximum absolute atomic E-state index is 10.9. The molecule has 24 heavy (non-hydrogen) atoms. The number of methoxy groups -OCH3 is 1. The van der Waals surface area contributed by atoms with E-state index in [0.29, 0.717) is 11.4 Å². The van der Waals surface area contributed by atoms with Crippen LogP contribution in [0.5, 0.6) is 5.75 Å². The molecule has 0 saturated carbocycles. The Bertz CT molecular complexity index is 1010. The summed E-state index contributed by atoms with van der Waals surface area (Å²) in [6, 6.07) is 16.5. The molecule has 7 heteroatoms. The van der Waals surface area contributed by atoms with Crippen molar-refractivity contribution in [2.45, 2.75) is 4.90 Å². The molecule has 0 saturated heterocycles. The Morgan fingerprint density at radius 1 is 0.875 bits per heavy atom. The largest absolute Gasteiger partial charge is 0.744 e. The summed E-state index contributed by atoms with van der Waals surface area (Å²) >= 11 is 0. The molecule has 122 valence electrons. The van der Waals surface area contributed by atoms with Crippen LogP contribution < -0.4 is 4.74 Å². The van der Waals surface area contributed by atoms with Crippen LogP contribution in [0.1, 0.15) is 0 Å². The van der Waals surface area contributed by atoms with Gasteiger partial charge in [-0.3, -0.25) is 0 Å². The van der Waals surface area contributed by atoms with Crippen molar-refractivity contribution >= 4 is 32.3 Å². The van der Waals surface area contributed by atoms with Crippen LogP contribution in [0.2, 0.25) is 0 Å². The monoisotopic (exact) mass is 341 g/mol. The fourth-order valence-corrected chi connectivity index (χ4v) is 2.78. The van der Waals surface area contributed by atoms with Crippen molar-refractivity contribution in [1.29, 1.82) is 0 Å². The minimum Gasteiger partial charge on any atom is -0.744 e. The summed E-state index contributed by atoms with van der Waals surface area (Å²) in [5.74, 6) is 0.745. The van der Waals surface area contributed by atoms with Crippen molar-refractivity contribution in [3.05, 3.63) is 60.7 Å². The number of rotatable bonds is 4. The van der Waals surface area contributed by atoms with Crippen molar-refractivity contribution in [2.75, 3.05) is 7.11 Å². The fourth-order valence-electron chi connectivity index (χ4n) is 2.31. The van der Waals surface area contributed by atoms with Crippen LogP contribution >= 0.6 is 0 Å². The van der Waals surface area contributed by atoms with Crippen molar-refractivity contribution in [3.63, 3.8) is 0 Å². The molecule has 0 aromatic heterocycles. The first-order valence-electron chi connectivity index (χ1n) is 7.02. The van der Waals surface area contributed by atoms with E-state index in [1.807, 2.05) is 30.3 Å². The molecule has 0 bridgehead atoms. The summed E-state index contributed by atoms with van der Waals surface area (Å²) in [6.07, 6.45) is 0. The van der Waals surface area contributed by atoms with Crippen LogP contribution in [-0.4, -0.2) is 20.1 Å². The van der Waals surface area contributed by atoms with Gasteiger partial charge >= 0.3 is 0 Å². The van der Waals surface area contributed by atoms with Gasteiger partial charge in [-0.15, -0.1) is 5.11 Å². The molecular formula is C17H13N2O4S-. The van der Waals surface area contributed by atoms with E-state index in [1.165, 1.54) is 24.3 Å². The van der Waals surface area contributed by atoms with Gasteiger partial charge in [-0.25, -0.2) is 8.42 Å². The normalized spacial score (nSPS) is 11.9. The van der Waals surface area contributed by atoms with Crippen molar-refractivity contribution in [1.82, 2.24) is 0 Å². The zero-order chi connectivity index (χ0) is 17.2. The van der Waals surface area contributed by atoms with Crippen LogP contribution in [-0.2, 0) is 10.1 Å². The van der Waals surface area contributed by atoms with Gasteiger partial charge in [0.25, 0.3) is 0 Å². The van der Waals surface area contributed by atoms with E-state index in [-0.39, 0.29) is 4.90 Å². The molecule has 6 nitrogen and oxygen atoms in total. The molecule has 3 rings (SSSR count). The molecule has 3 aromatic carbocycles. The van der Waals surface area contributed by atoms with E-state index in [2.05, 4.69) is 10.2 Å². The van der Waals surface area contributed by atoms with Gasteiger partial charge in [0.15, 0.2) is 0 Å². The van der Waals surface area contributed by atoms with E-state index >= 15 is 0 Å². The summed E-state index contributed by atoms with van der Waals surface area (Å²) in [7, 11) is -2.85. The molecule has 3 aromatic rings. The van der Waals surface area contributed by atoms with Gasteiger partial charge in [-0.05, 0) is 36.4 Å². The van der Waals surface area contributed by atoms with E-state index in [4.69, 9.17) is 4.74 Å². The number of hydrogen-bond acceptors (Lipinski definition) is 6. The lowest BCUT2D eigenvalue weighted by Crippen LogP contribution is -1.97. The third-order valence-electron chi connectivity index (χ3n) is 3.48. The standard InChI is InChI=1S/C17H14N2O4S/c1-23-17-11-10-16(14-4-2-3-5-15(14)17)19-18-12-6-8-13(9-7-12)24(20,21)22/h2-11H,1H3,(H,20,21,22)/p-1. The van der Waals surface area contributed by atoms with Gasteiger partial charge in [0.05, 0.1) is 23.4 Å². The lowest BCUT2D eigenvalue weighted by Gasteiger charge is -2.07. The molecular weight excluding hydrogens is 328 g/mol. The third kappa shape index (κ3) is 3.27. The van der Waals surface area contributed by atoms with Gasteiger partial charge in [0, 0.05) is 10.8 Å². The Balaban J connectivity index is 1.97. The predicted octanol–water partition coefficient (Wildman–Crippen LogP) is 4.17. The number of benzene rings is 3. The van der Waals surface area contributed by atoms with Crippen LogP contribution in [0.3, 0.4) is 0 Å². The van der Waals surface area contributed by atoms with E-state index in [1.54, 1.807) is 13.2 Å². The van der Waals surface area contributed by atoms with Crippen molar-refractivity contribution in [3.8, 4) is 5.75 Å².